The smallest absolute Gasteiger partial charge is 0.407 e. The average Bonchev–Trinajstić information content (AvgIpc) is 3.25. The number of esters is 1. The zero-order chi connectivity index (χ0) is 28.6. The van der Waals surface area contributed by atoms with Crippen LogP contribution >= 0.6 is 0 Å². The molecule has 2 aromatic carbocycles. The fourth-order valence-corrected chi connectivity index (χ4v) is 3.54. The number of nitrogens with one attached hydrogen (secondary N) is 1. The molecule has 1 N–H and O–H groups in total. The lowest BCUT2D eigenvalue weighted by Gasteiger charge is -2.24. The zero-order valence-electron chi connectivity index (χ0n) is 23.2. The maximum absolute atomic E-state index is 14.9. The molecule has 11 heteroatoms. The van der Waals surface area contributed by atoms with Crippen LogP contribution in [0, 0.1) is 5.82 Å². The summed E-state index contributed by atoms with van der Waals surface area (Å²) in [6, 6.07) is 13.5. The summed E-state index contributed by atoms with van der Waals surface area (Å²) in [6.07, 6.45) is -0.163. The van der Waals surface area contributed by atoms with Gasteiger partial charge in [-0.1, -0.05) is 30.3 Å². The number of benzene rings is 2. The van der Waals surface area contributed by atoms with Crippen molar-refractivity contribution < 1.29 is 28.2 Å². The molecule has 0 aliphatic heterocycles. The number of nitrogens with zero attached hydrogens (tertiary/aromatic N) is 4. The molecule has 0 bridgehead atoms. The monoisotopic (exact) mass is 541 g/mol. The highest BCUT2D eigenvalue weighted by Gasteiger charge is 2.26. The molecule has 10 nitrogen and oxygen atoms in total. The molecule has 210 valence electrons. The molecule has 3 aromatic rings. The normalized spacial score (nSPS) is 12.5. The van der Waals surface area contributed by atoms with E-state index in [-0.39, 0.29) is 24.4 Å². The van der Waals surface area contributed by atoms with E-state index in [9.17, 15) is 14.0 Å². The predicted molar refractivity (Wildman–Crippen MR) is 142 cm³/mol. The molecule has 1 heterocycles. The van der Waals surface area contributed by atoms with Crippen LogP contribution in [0.5, 0.6) is 5.75 Å². The lowest BCUT2D eigenvalue weighted by atomic mass is 10.1. The standard InChI is InChI=1S/C28H36FN5O5/c1-27(2,3)38-24(35)16-20(30-26(36)39-28(4,5)6)18-34-32-25(31-33-34)22-13-12-21(17-23(22)29)37-15-14-19-10-8-7-9-11-19/h7-13,17,20H,14-16,18H2,1-6H3,(H,30,36)/t20-/m0/s1. The van der Waals surface area contributed by atoms with Crippen molar-refractivity contribution in [3.8, 4) is 17.1 Å². The van der Waals surface area contributed by atoms with E-state index in [0.717, 1.165) is 5.56 Å². The van der Waals surface area contributed by atoms with Gasteiger partial charge in [0.05, 0.1) is 31.2 Å². The largest absolute Gasteiger partial charge is 0.493 e. The maximum Gasteiger partial charge on any atom is 0.407 e. The number of hydrogen-bond acceptors (Lipinski definition) is 8. The Kier molecular flexibility index (Phi) is 9.61. The van der Waals surface area contributed by atoms with Gasteiger partial charge in [0.1, 0.15) is 22.8 Å². The third kappa shape index (κ3) is 10.3. The molecule has 0 saturated carbocycles. The highest BCUT2D eigenvalue weighted by molar-refractivity contribution is 5.73. The first kappa shape index (κ1) is 29.5. The second kappa shape index (κ2) is 12.7. The minimum atomic E-state index is -0.762. The average molecular weight is 542 g/mol. The number of tetrazole rings is 1. The van der Waals surface area contributed by atoms with Crippen LogP contribution in [0.4, 0.5) is 9.18 Å². The Balaban J connectivity index is 1.66. The third-order valence-corrected chi connectivity index (χ3v) is 5.07. The van der Waals surface area contributed by atoms with Gasteiger partial charge in [0.2, 0.25) is 5.82 Å². The van der Waals surface area contributed by atoms with Crippen molar-refractivity contribution in [2.45, 2.75) is 78.2 Å². The summed E-state index contributed by atoms with van der Waals surface area (Å²) in [5.74, 6) is -0.642. The molecule has 0 unspecified atom stereocenters. The molecular formula is C28H36FN5O5. The van der Waals surface area contributed by atoms with Gasteiger partial charge in [-0.2, -0.15) is 4.80 Å². The molecule has 1 aromatic heterocycles. The highest BCUT2D eigenvalue weighted by Crippen LogP contribution is 2.23. The molecule has 0 aliphatic carbocycles. The minimum absolute atomic E-state index is 0.0201. The SMILES string of the molecule is CC(C)(C)OC(=O)C[C@@H](Cn1nnc(-c2ccc(OCCc3ccccc3)cc2F)n1)NC(=O)OC(C)(C)C. The van der Waals surface area contributed by atoms with Gasteiger partial charge in [-0.3, -0.25) is 4.79 Å². The number of ether oxygens (including phenoxy) is 3. The van der Waals surface area contributed by atoms with Gasteiger partial charge in [0.25, 0.3) is 0 Å². The Morgan fingerprint density at radius 3 is 2.33 bits per heavy atom. The Labute approximate surface area is 227 Å². The van der Waals surface area contributed by atoms with Crippen LogP contribution < -0.4 is 10.1 Å². The molecular weight excluding hydrogens is 505 g/mol. The molecule has 0 saturated heterocycles. The van der Waals surface area contributed by atoms with Gasteiger partial charge in [-0.05, 0) is 64.5 Å². The lowest BCUT2D eigenvalue weighted by molar-refractivity contribution is -0.155. The minimum Gasteiger partial charge on any atom is -0.493 e. The molecule has 3 rings (SSSR count). The molecule has 0 fully saturated rings. The second-order valence-electron chi connectivity index (χ2n) is 11.0. The van der Waals surface area contributed by atoms with Gasteiger partial charge >= 0.3 is 12.1 Å². The molecule has 1 atom stereocenters. The number of carbonyl (C=O) groups is 2. The quantitative estimate of drug-likeness (QED) is 0.366. The molecule has 39 heavy (non-hydrogen) atoms. The third-order valence-electron chi connectivity index (χ3n) is 5.07. The summed E-state index contributed by atoms with van der Waals surface area (Å²) < 4.78 is 31.3. The van der Waals surface area contributed by atoms with Crippen LogP contribution in [0.1, 0.15) is 53.5 Å². The number of alkyl carbamates (subject to hydrolysis) is 1. The van der Waals surface area contributed by atoms with Gasteiger partial charge in [0, 0.05) is 12.5 Å². The van der Waals surface area contributed by atoms with E-state index in [4.69, 9.17) is 14.2 Å². The first-order chi connectivity index (χ1) is 18.3. The van der Waals surface area contributed by atoms with Gasteiger partial charge in [0.15, 0.2) is 0 Å². The van der Waals surface area contributed by atoms with Crippen LogP contribution in [0.25, 0.3) is 11.4 Å². The van der Waals surface area contributed by atoms with E-state index in [1.54, 1.807) is 47.6 Å². The Bertz CT molecular complexity index is 1220. The summed E-state index contributed by atoms with van der Waals surface area (Å²) in [4.78, 5) is 26.0. The molecule has 1 amide bonds. The lowest BCUT2D eigenvalue weighted by Crippen LogP contribution is -2.43. The Hall–Kier alpha value is -4.02. The second-order valence-corrected chi connectivity index (χ2v) is 11.0. The van der Waals surface area contributed by atoms with E-state index in [2.05, 4.69) is 20.7 Å². The Morgan fingerprint density at radius 1 is 1.00 bits per heavy atom. The summed E-state index contributed by atoms with van der Waals surface area (Å²) in [5.41, 5.74) is -0.156. The number of rotatable bonds is 10. The van der Waals surface area contributed by atoms with Crippen molar-refractivity contribution >= 4 is 12.1 Å². The van der Waals surface area contributed by atoms with Crippen molar-refractivity contribution in [2.24, 2.45) is 0 Å². The van der Waals surface area contributed by atoms with Gasteiger partial charge in [-0.25, -0.2) is 9.18 Å². The number of hydrogen-bond donors (Lipinski definition) is 1. The van der Waals surface area contributed by atoms with E-state index in [1.807, 2.05) is 30.3 Å². The van der Waals surface area contributed by atoms with E-state index >= 15 is 0 Å². The van der Waals surface area contributed by atoms with Crippen molar-refractivity contribution in [1.29, 1.82) is 0 Å². The van der Waals surface area contributed by atoms with Crippen molar-refractivity contribution in [3.63, 3.8) is 0 Å². The summed E-state index contributed by atoms with van der Waals surface area (Å²) in [6.45, 7) is 10.8. The maximum atomic E-state index is 14.9. The fraction of sp³-hybridized carbons (Fsp3) is 0.464. The fourth-order valence-electron chi connectivity index (χ4n) is 3.54. The number of carbonyl (C=O) groups excluding carboxylic acids is 2. The summed E-state index contributed by atoms with van der Waals surface area (Å²) in [5, 5.41) is 14.8. The summed E-state index contributed by atoms with van der Waals surface area (Å²) >= 11 is 0. The van der Waals surface area contributed by atoms with Crippen molar-refractivity contribution in [1.82, 2.24) is 25.5 Å². The first-order valence-electron chi connectivity index (χ1n) is 12.7. The van der Waals surface area contributed by atoms with Gasteiger partial charge < -0.3 is 19.5 Å². The predicted octanol–water partition coefficient (Wildman–Crippen LogP) is 4.73. The highest BCUT2D eigenvalue weighted by atomic mass is 19.1. The van der Waals surface area contributed by atoms with Crippen LogP contribution in [0.3, 0.4) is 0 Å². The molecule has 0 radical (unpaired) electrons. The van der Waals surface area contributed by atoms with E-state index in [0.29, 0.717) is 18.8 Å². The Morgan fingerprint density at radius 2 is 1.69 bits per heavy atom. The van der Waals surface area contributed by atoms with Crippen LogP contribution in [0.15, 0.2) is 48.5 Å². The number of aromatic nitrogens is 4. The van der Waals surface area contributed by atoms with E-state index in [1.165, 1.54) is 16.9 Å². The molecule has 0 aliphatic rings. The molecule has 0 spiro atoms. The van der Waals surface area contributed by atoms with Crippen LogP contribution in [-0.2, 0) is 27.2 Å². The van der Waals surface area contributed by atoms with Crippen molar-refractivity contribution in [2.75, 3.05) is 6.61 Å². The van der Waals surface area contributed by atoms with Crippen molar-refractivity contribution in [3.05, 3.63) is 59.9 Å². The van der Waals surface area contributed by atoms with Crippen LogP contribution in [-0.4, -0.2) is 56.1 Å². The van der Waals surface area contributed by atoms with Crippen LogP contribution in [0.2, 0.25) is 0 Å². The summed E-state index contributed by atoms with van der Waals surface area (Å²) in [7, 11) is 0. The van der Waals surface area contributed by atoms with Gasteiger partial charge in [-0.15, -0.1) is 10.2 Å². The zero-order valence-corrected chi connectivity index (χ0v) is 23.2. The first-order valence-corrected chi connectivity index (χ1v) is 12.7. The number of amides is 1. The number of halogens is 1. The topological polar surface area (TPSA) is 117 Å². The van der Waals surface area contributed by atoms with E-state index < -0.39 is 35.1 Å².